The van der Waals surface area contributed by atoms with Gasteiger partial charge >= 0.3 is 0 Å². The van der Waals surface area contributed by atoms with E-state index in [4.69, 9.17) is 16.6 Å². The second-order valence-corrected chi connectivity index (χ2v) is 10.7. The number of hydrogen-bond donors (Lipinski definition) is 1. The number of hydrogen-bond acceptors (Lipinski definition) is 6. The van der Waals surface area contributed by atoms with Crippen molar-refractivity contribution in [3.8, 4) is 22.5 Å². The fourth-order valence-corrected chi connectivity index (χ4v) is 5.73. The van der Waals surface area contributed by atoms with Gasteiger partial charge in [-0.25, -0.2) is 18.1 Å². The fourth-order valence-electron chi connectivity index (χ4n) is 3.53. The van der Waals surface area contributed by atoms with Crippen molar-refractivity contribution < 1.29 is 13.3 Å². The van der Waals surface area contributed by atoms with E-state index < -0.39 is 20.6 Å². The van der Waals surface area contributed by atoms with Crippen LogP contribution in [-0.4, -0.2) is 35.2 Å². The first kappa shape index (κ1) is 24.9. The van der Waals surface area contributed by atoms with Gasteiger partial charge in [0.1, 0.15) is 5.02 Å². The molecule has 0 aliphatic heterocycles. The number of nitrogens with one attached hydrogen (secondary N) is 1. The van der Waals surface area contributed by atoms with Crippen LogP contribution in [0.15, 0.2) is 88.9 Å². The number of nitrogens with zero attached hydrogens (tertiary/aromatic N) is 3. The molecule has 3 aromatic carbocycles. The second kappa shape index (κ2) is 10.6. The maximum atomic E-state index is 12.6. The van der Waals surface area contributed by atoms with E-state index in [0.29, 0.717) is 5.75 Å². The topological polar surface area (TPSA) is 107 Å². The van der Waals surface area contributed by atoms with E-state index in [-0.39, 0.29) is 16.5 Å². The predicted molar refractivity (Wildman–Crippen MR) is 138 cm³/mol. The zero-order valence-corrected chi connectivity index (χ0v) is 21.0. The van der Waals surface area contributed by atoms with E-state index in [2.05, 4.69) is 4.72 Å². The van der Waals surface area contributed by atoms with Crippen LogP contribution >= 0.6 is 23.4 Å². The number of thioether (sulfide) groups is 1. The second-order valence-electron chi connectivity index (χ2n) is 7.50. The van der Waals surface area contributed by atoms with Gasteiger partial charge in [0.15, 0.2) is 5.16 Å². The van der Waals surface area contributed by atoms with Gasteiger partial charge in [-0.1, -0.05) is 84.0 Å². The molecule has 0 amide bonds. The summed E-state index contributed by atoms with van der Waals surface area (Å²) in [7, 11) is -2.01. The van der Waals surface area contributed by atoms with Crippen LogP contribution in [0.4, 0.5) is 5.69 Å². The third-order valence-electron chi connectivity index (χ3n) is 5.20. The molecule has 0 aliphatic rings. The molecule has 0 unspecified atom stereocenters. The molecule has 0 spiro atoms. The maximum absolute atomic E-state index is 12.6. The quantitative estimate of drug-likeness (QED) is 0.135. The zero-order valence-electron chi connectivity index (χ0n) is 18.6. The highest BCUT2D eigenvalue weighted by Gasteiger charge is 2.21. The molecule has 0 aliphatic carbocycles. The predicted octanol–water partition coefficient (Wildman–Crippen LogP) is 5.39. The average molecular weight is 529 g/mol. The van der Waals surface area contributed by atoms with Crippen molar-refractivity contribution in [1.29, 1.82) is 0 Å². The highest BCUT2D eigenvalue weighted by Crippen LogP contribution is 2.35. The Morgan fingerprint density at radius 3 is 2.29 bits per heavy atom. The average Bonchev–Trinajstić information content (AvgIpc) is 3.19. The van der Waals surface area contributed by atoms with Gasteiger partial charge in [-0.3, -0.25) is 10.1 Å². The standard InChI is InChI=1S/C24H21ClN4O4S2/c1-28-23(18-10-6-3-7-11-18)22(17-8-4-2-5-9-17)27-24(28)34-15-14-26-35(32,33)19-12-13-20(25)21(16-19)29(30)31/h2-13,16,26H,14-15H2,1H3. The number of aromatic nitrogens is 2. The monoisotopic (exact) mass is 528 g/mol. The van der Waals surface area contributed by atoms with Crippen molar-refractivity contribution in [2.45, 2.75) is 10.1 Å². The van der Waals surface area contributed by atoms with E-state index in [1.54, 1.807) is 0 Å². The van der Waals surface area contributed by atoms with Crippen LogP contribution in [0.1, 0.15) is 0 Å². The summed E-state index contributed by atoms with van der Waals surface area (Å²) in [5.41, 5.74) is 3.36. The summed E-state index contributed by atoms with van der Waals surface area (Å²) in [5.74, 6) is 0.405. The number of nitro benzene ring substituents is 1. The van der Waals surface area contributed by atoms with Crippen LogP contribution in [-0.2, 0) is 17.1 Å². The number of halogens is 1. The first-order chi connectivity index (χ1) is 16.8. The summed E-state index contributed by atoms with van der Waals surface area (Å²) >= 11 is 7.20. The maximum Gasteiger partial charge on any atom is 0.289 e. The van der Waals surface area contributed by atoms with Crippen LogP contribution in [0, 0.1) is 10.1 Å². The third-order valence-corrected chi connectivity index (χ3v) is 8.01. The molecule has 0 fully saturated rings. The molecular formula is C24H21ClN4O4S2. The lowest BCUT2D eigenvalue weighted by atomic mass is 10.1. The molecule has 4 rings (SSSR count). The van der Waals surface area contributed by atoms with Crippen LogP contribution in [0.3, 0.4) is 0 Å². The van der Waals surface area contributed by atoms with Crippen molar-refractivity contribution in [2.75, 3.05) is 12.3 Å². The Bertz CT molecular complexity index is 1460. The minimum absolute atomic E-state index is 0.109. The molecule has 4 aromatic rings. The highest BCUT2D eigenvalue weighted by molar-refractivity contribution is 7.99. The van der Waals surface area contributed by atoms with Crippen molar-refractivity contribution in [3.05, 3.63) is 94.0 Å². The smallest absolute Gasteiger partial charge is 0.289 e. The van der Waals surface area contributed by atoms with E-state index in [1.807, 2.05) is 72.3 Å². The Balaban J connectivity index is 1.51. The summed E-state index contributed by atoms with van der Waals surface area (Å²) in [5, 5.41) is 11.7. The van der Waals surface area contributed by atoms with Crippen molar-refractivity contribution >= 4 is 39.1 Å². The molecule has 0 bridgehead atoms. The molecule has 1 N–H and O–H groups in total. The molecule has 8 nitrogen and oxygen atoms in total. The summed E-state index contributed by atoms with van der Waals surface area (Å²) in [6.07, 6.45) is 0. The Labute approximate surface area is 212 Å². The molecule has 1 heterocycles. The van der Waals surface area contributed by atoms with Crippen molar-refractivity contribution in [3.63, 3.8) is 0 Å². The van der Waals surface area contributed by atoms with Crippen LogP contribution in [0.2, 0.25) is 5.02 Å². The molecule has 35 heavy (non-hydrogen) atoms. The number of nitro groups is 1. The Hall–Kier alpha value is -3.18. The molecule has 180 valence electrons. The normalized spacial score (nSPS) is 11.5. The third kappa shape index (κ3) is 5.57. The summed E-state index contributed by atoms with van der Waals surface area (Å²) in [4.78, 5) is 15.0. The lowest BCUT2D eigenvalue weighted by Gasteiger charge is -2.09. The first-order valence-corrected chi connectivity index (χ1v) is 13.4. The summed E-state index contributed by atoms with van der Waals surface area (Å²) < 4.78 is 29.7. The lowest BCUT2D eigenvalue weighted by molar-refractivity contribution is -0.384. The highest BCUT2D eigenvalue weighted by atomic mass is 35.5. The number of sulfonamides is 1. The van der Waals surface area contributed by atoms with Gasteiger partial charge in [0.2, 0.25) is 10.0 Å². The van der Waals surface area contributed by atoms with Gasteiger partial charge in [-0.05, 0) is 12.1 Å². The van der Waals surface area contributed by atoms with E-state index in [1.165, 1.54) is 23.9 Å². The first-order valence-electron chi connectivity index (χ1n) is 10.5. The van der Waals surface area contributed by atoms with Crippen LogP contribution < -0.4 is 4.72 Å². The van der Waals surface area contributed by atoms with Gasteiger partial charge in [-0.2, -0.15) is 0 Å². The molecule has 11 heteroatoms. The Morgan fingerprint density at radius 1 is 1.03 bits per heavy atom. The summed E-state index contributed by atoms with van der Waals surface area (Å²) in [6, 6.07) is 23.2. The molecule has 0 saturated heterocycles. The minimum atomic E-state index is -3.94. The van der Waals surface area contributed by atoms with Gasteiger partial charge in [0, 0.05) is 36.5 Å². The number of imidazole rings is 1. The molecule has 0 atom stereocenters. The van der Waals surface area contributed by atoms with Crippen molar-refractivity contribution in [2.24, 2.45) is 7.05 Å². The van der Waals surface area contributed by atoms with Crippen LogP contribution in [0.25, 0.3) is 22.5 Å². The Morgan fingerprint density at radius 2 is 1.66 bits per heavy atom. The minimum Gasteiger partial charge on any atom is -0.322 e. The molecular weight excluding hydrogens is 508 g/mol. The van der Waals surface area contributed by atoms with Crippen LogP contribution in [0.5, 0.6) is 0 Å². The number of rotatable bonds is 9. The van der Waals surface area contributed by atoms with Gasteiger partial charge in [0.25, 0.3) is 5.69 Å². The SMILES string of the molecule is Cn1c(SCCNS(=O)(=O)c2ccc(Cl)c([N+](=O)[O-])c2)nc(-c2ccccc2)c1-c1ccccc1. The Kier molecular flexibility index (Phi) is 7.56. The van der Waals surface area contributed by atoms with E-state index in [9.17, 15) is 18.5 Å². The largest absolute Gasteiger partial charge is 0.322 e. The van der Waals surface area contributed by atoms with Gasteiger partial charge in [-0.15, -0.1) is 0 Å². The van der Waals surface area contributed by atoms with E-state index >= 15 is 0 Å². The van der Waals surface area contributed by atoms with Gasteiger partial charge < -0.3 is 4.57 Å². The molecule has 0 radical (unpaired) electrons. The lowest BCUT2D eigenvalue weighted by Crippen LogP contribution is -2.26. The number of benzene rings is 3. The summed E-state index contributed by atoms with van der Waals surface area (Å²) in [6.45, 7) is 0.109. The zero-order chi connectivity index (χ0) is 25.0. The fraction of sp³-hybridized carbons (Fsp3) is 0.125. The van der Waals surface area contributed by atoms with E-state index in [0.717, 1.165) is 33.7 Å². The molecule has 1 aromatic heterocycles. The van der Waals surface area contributed by atoms with Gasteiger partial charge in [0.05, 0.1) is 21.2 Å². The molecule has 0 saturated carbocycles. The van der Waals surface area contributed by atoms with Crippen molar-refractivity contribution in [1.82, 2.24) is 14.3 Å².